The molecule has 0 atom stereocenters. The Morgan fingerprint density at radius 2 is 2.13 bits per heavy atom. The van der Waals surface area contributed by atoms with E-state index in [1.807, 2.05) is 30.1 Å². The molecule has 0 aliphatic rings. The molecule has 5 heteroatoms. The minimum Gasteiger partial charge on any atom is -0.409 e. The number of nitrogens with two attached hydrogens (primary N) is 1. The first-order chi connectivity index (χ1) is 7.20. The lowest BCUT2D eigenvalue weighted by Crippen LogP contribution is -2.25. The van der Waals surface area contributed by atoms with Crippen LogP contribution in [0.3, 0.4) is 0 Å². The Balaban J connectivity index is 3.06. The van der Waals surface area contributed by atoms with Crippen LogP contribution in [-0.4, -0.2) is 36.3 Å². The van der Waals surface area contributed by atoms with Gasteiger partial charge in [-0.2, -0.15) is 0 Å². The van der Waals surface area contributed by atoms with E-state index in [1.54, 1.807) is 6.07 Å². The minimum absolute atomic E-state index is 0.0566. The lowest BCUT2D eigenvalue weighted by atomic mass is 10.1. The maximum Gasteiger partial charge on any atom is 0.172 e. The highest BCUT2D eigenvalue weighted by atomic mass is 16.4. The van der Waals surface area contributed by atoms with Gasteiger partial charge in [0.05, 0.1) is 6.61 Å². The van der Waals surface area contributed by atoms with Crippen molar-refractivity contribution < 1.29 is 10.3 Å². The van der Waals surface area contributed by atoms with Crippen molar-refractivity contribution in [3.8, 4) is 0 Å². The molecule has 0 radical (unpaired) electrons. The van der Waals surface area contributed by atoms with Crippen LogP contribution in [0.4, 0.5) is 5.69 Å². The van der Waals surface area contributed by atoms with Crippen molar-refractivity contribution in [3.63, 3.8) is 0 Å². The molecule has 0 bridgehead atoms. The van der Waals surface area contributed by atoms with E-state index in [0.717, 1.165) is 5.69 Å². The Hall–Kier alpha value is -1.75. The van der Waals surface area contributed by atoms with E-state index in [-0.39, 0.29) is 12.4 Å². The van der Waals surface area contributed by atoms with Gasteiger partial charge < -0.3 is 20.9 Å². The standard InChI is InChI=1S/C10H15N3O2/c1-13(6-7-14)9-5-3-2-4-8(9)10(11)12-15/h2-5,14-15H,6-7H2,1H3,(H2,11,12). The fourth-order valence-corrected chi connectivity index (χ4v) is 1.35. The lowest BCUT2D eigenvalue weighted by molar-refractivity contribution is 0.304. The van der Waals surface area contributed by atoms with E-state index in [0.29, 0.717) is 12.1 Å². The highest BCUT2D eigenvalue weighted by molar-refractivity contribution is 6.02. The van der Waals surface area contributed by atoms with Crippen molar-refractivity contribution in [2.24, 2.45) is 10.9 Å². The second-order valence-electron chi connectivity index (χ2n) is 3.15. The summed E-state index contributed by atoms with van der Waals surface area (Å²) in [6, 6.07) is 7.28. The molecule has 0 fully saturated rings. The lowest BCUT2D eigenvalue weighted by Gasteiger charge is -2.20. The van der Waals surface area contributed by atoms with Gasteiger partial charge in [-0.15, -0.1) is 0 Å². The first-order valence-corrected chi connectivity index (χ1v) is 4.59. The third-order valence-corrected chi connectivity index (χ3v) is 2.13. The number of hydrogen-bond donors (Lipinski definition) is 3. The van der Waals surface area contributed by atoms with E-state index in [9.17, 15) is 0 Å². The average molecular weight is 209 g/mol. The quantitative estimate of drug-likeness (QED) is 0.286. The molecule has 0 unspecified atom stereocenters. The Morgan fingerprint density at radius 3 is 2.73 bits per heavy atom. The second kappa shape index (κ2) is 5.21. The number of oxime groups is 1. The summed E-state index contributed by atoms with van der Waals surface area (Å²) >= 11 is 0. The first kappa shape index (κ1) is 11.3. The van der Waals surface area contributed by atoms with Crippen LogP contribution in [0.2, 0.25) is 0 Å². The zero-order chi connectivity index (χ0) is 11.3. The second-order valence-corrected chi connectivity index (χ2v) is 3.15. The number of para-hydroxylation sites is 1. The minimum atomic E-state index is 0.0566. The fourth-order valence-electron chi connectivity index (χ4n) is 1.35. The molecular formula is C10H15N3O2. The summed E-state index contributed by atoms with van der Waals surface area (Å²) in [7, 11) is 1.83. The van der Waals surface area contributed by atoms with Gasteiger partial charge in [0.25, 0.3) is 0 Å². The first-order valence-electron chi connectivity index (χ1n) is 4.59. The molecule has 0 aliphatic heterocycles. The summed E-state index contributed by atoms with van der Waals surface area (Å²) in [5, 5.41) is 20.4. The number of amidine groups is 1. The van der Waals surface area contributed by atoms with Crippen molar-refractivity contribution in [2.45, 2.75) is 0 Å². The van der Waals surface area contributed by atoms with Gasteiger partial charge in [0, 0.05) is 24.8 Å². The third-order valence-electron chi connectivity index (χ3n) is 2.13. The predicted octanol–water partition coefficient (Wildman–Crippen LogP) is 0.210. The van der Waals surface area contributed by atoms with Gasteiger partial charge in [0.2, 0.25) is 0 Å². The van der Waals surface area contributed by atoms with Crippen molar-refractivity contribution in [2.75, 3.05) is 25.1 Å². The van der Waals surface area contributed by atoms with Crippen LogP contribution in [0.25, 0.3) is 0 Å². The molecule has 15 heavy (non-hydrogen) atoms. The van der Waals surface area contributed by atoms with Crippen LogP contribution in [0.1, 0.15) is 5.56 Å². The molecule has 0 saturated carbocycles. The summed E-state index contributed by atoms with van der Waals surface area (Å²) in [5.41, 5.74) is 7.01. The molecule has 0 spiro atoms. The molecule has 0 heterocycles. The van der Waals surface area contributed by atoms with Crippen molar-refractivity contribution >= 4 is 11.5 Å². The van der Waals surface area contributed by atoms with Gasteiger partial charge in [-0.05, 0) is 12.1 Å². The van der Waals surface area contributed by atoms with Crippen LogP contribution in [0.5, 0.6) is 0 Å². The Kier molecular flexibility index (Phi) is 3.93. The van der Waals surface area contributed by atoms with Crippen LogP contribution < -0.4 is 10.6 Å². The molecule has 1 aromatic rings. The number of anilines is 1. The number of hydrogen-bond acceptors (Lipinski definition) is 4. The maximum absolute atomic E-state index is 8.83. The van der Waals surface area contributed by atoms with Gasteiger partial charge in [-0.25, -0.2) is 0 Å². The summed E-state index contributed by atoms with van der Waals surface area (Å²) in [4.78, 5) is 1.84. The molecule has 0 aliphatic carbocycles. The molecule has 82 valence electrons. The van der Waals surface area contributed by atoms with Crippen LogP contribution in [0.15, 0.2) is 29.4 Å². The highest BCUT2D eigenvalue weighted by Crippen LogP contribution is 2.18. The number of aliphatic hydroxyl groups is 1. The zero-order valence-electron chi connectivity index (χ0n) is 8.59. The normalized spacial score (nSPS) is 11.5. The predicted molar refractivity (Wildman–Crippen MR) is 59.3 cm³/mol. The summed E-state index contributed by atoms with van der Waals surface area (Å²) in [6.45, 7) is 0.552. The Labute approximate surface area is 88.4 Å². The monoisotopic (exact) mass is 209 g/mol. The number of likely N-dealkylation sites (N-methyl/N-ethyl adjacent to an activating group) is 1. The van der Waals surface area contributed by atoms with E-state index in [1.165, 1.54) is 0 Å². The smallest absolute Gasteiger partial charge is 0.172 e. The number of rotatable bonds is 4. The molecule has 1 rings (SSSR count). The van der Waals surface area contributed by atoms with E-state index in [4.69, 9.17) is 16.0 Å². The zero-order valence-corrected chi connectivity index (χ0v) is 8.59. The van der Waals surface area contributed by atoms with Gasteiger partial charge in [0.1, 0.15) is 0 Å². The van der Waals surface area contributed by atoms with Crippen LogP contribution in [-0.2, 0) is 0 Å². The fraction of sp³-hybridized carbons (Fsp3) is 0.300. The number of benzene rings is 1. The van der Waals surface area contributed by atoms with Crippen molar-refractivity contribution in [3.05, 3.63) is 29.8 Å². The van der Waals surface area contributed by atoms with E-state index >= 15 is 0 Å². The molecule has 5 nitrogen and oxygen atoms in total. The largest absolute Gasteiger partial charge is 0.409 e. The van der Waals surface area contributed by atoms with E-state index < -0.39 is 0 Å². The average Bonchev–Trinajstić information content (AvgIpc) is 2.28. The SMILES string of the molecule is CN(CCO)c1ccccc1C(N)=NO. The summed E-state index contributed by atoms with van der Waals surface area (Å²) < 4.78 is 0. The van der Waals surface area contributed by atoms with E-state index in [2.05, 4.69) is 5.16 Å². The Bertz CT molecular complexity index is 352. The molecule has 0 aromatic heterocycles. The van der Waals surface area contributed by atoms with Crippen LogP contribution >= 0.6 is 0 Å². The maximum atomic E-state index is 8.83. The molecule has 4 N–H and O–H groups in total. The molecule has 1 aromatic carbocycles. The summed E-state index contributed by atoms with van der Waals surface area (Å²) in [6.07, 6.45) is 0. The summed E-state index contributed by atoms with van der Waals surface area (Å²) in [5.74, 6) is 0.0652. The van der Waals surface area contributed by atoms with Crippen molar-refractivity contribution in [1.82, 2.24) is 0 Å². The van der Waals surface area contributed by atoms with Crippen molar-refractivity contribution in [1.29, 1.82) is 0 Å². The molecule has 0 saturated heterocycles. The molecule has 0 amide bonds. The Morgan fingerprint density at radius 1 is 1.47 bits per heavy atom. The van der Waals surface area contributed by atoms with Gasteiger partial charge in [0.15, 0.2) is 5.84 Å². The number of aliphatic hydroxyl groups excluding tert-OH is 1. The highest BCUT2D eigenvalue weighted by Gasteiger charge is 2.09. The molecular weight excluding hydrogens is 194 g/mol. The van der Waals surface area contributed by atoms with Gasteiger partial charge in [-0.3, -0.25) is 0 Å². The third kappa shape index (κ3) is 2.60. The topological polar surface area (TPSA) is 82.1 Å². The van der Waals surface area contributed by atoms with Crippen LogP contribution in [0, 0.1) is 0 Å². The number of nitrogens with zero attached hydrogens (tertiary/aromatic N) is 2. The van der Waals surface area contributed by atoms with Gasteiger partial charge >= 0.3 is 0 Å². The van der Waals surface area contributed by atoms with Gasteiger partial charge in [-0.1, -0.05) is 17.3 Å².